The van der Waals surface area contributed by atoms with Gasteiger partial charge in [-0.1, -0.05) is 30.0 Å². The second-order valence-corrected chi connectivity index (χ2v) is 4.98. The first-order valence-electron chi connectivity index (χ1n) is 5.86. The third-order valence-electron chi connectivity index (χ3n) is 2.70. The fourth-order valence-corrected chi connectivity index (χ4v) is 2.69. The summed E-state index contributed by atoms with van der Waals surface area (Å²) in [6.07, 6.45) is 0. The van der Waals surface area contributed by atoms with Crippen LogP contribution in [-0.2, 0) is 14.3 Å². The van der Waals surface area contributed by atoms with Gasteiger partial charge < -0.3 is 9.47 Å². The summed E-state index contributed by atoms with van der Waals surface area (Å²) < 4.78 is 9.46. The fourth-order valence-electron chi connectivity index (χ4n) is 1.75. The molecular formula is C13H13NO5S. The largest absolute Gasteiger partial charge is 0.437 e. The molecule has 20 heavy (non-hydrogen) atoms. The van der Waals surface area contributed by atoms with Crippen LogP contribution >= 0.6 is 11.8 Å². The maximum absolute atomic E-state index is 12.3. The molecule has 1 saturated heterocycles. The predicted molar refractivity (Wildman–Crippen MR) is 72.2 cm³/mol. The number of methoxy groups -OCH3 is 1. The van der Waals surface area contributed by atoms with Crippen LogP contribution in [0.25, 0.3) is 0 Å². The van der Waals surface area contributed by atoms with E-state index in [1.165, 1.54) is 7.11 Å². The number of rotatable bonds is 4. The fraction of sp³-hybridized carbons (Fsp3) is 0.308. The number of nitrogens with zero attached hydrogens (tertiary/aromatic N) is 1. The molecule has 0 N–H and O–H groups in total. The summed E-state index contributed by atoms with van der Waals surface area (Å²) in [5, 5.41) is -0.446. The molecule has 0 bridgehead atoms. The van der Waals surface area contributed by atoms with Crippen molar-refractivity contribution < 1.29 is 23.9 Å². The van der Waals surface area contributed by atoms with Gasteiger partial charge in [-0.2, -0.15) is 0 Å². The summed E-state index contributed by atoms with van der Waals surface area (Å²) in [6, 6.07) is 7.43. The average Bonchev–Trinajstić information content (AvgIpc) is 2.86. The first kappa shape index (κ1) is 14.5. The van der Waals surface area contributed by atoms with Gasteiger partial charge in [0.15, 0.2) is 6.79 Å². The Labute approximate surface area is 120 Å². The summed E-state index contributed by atoms with van der Waals surface area (Å²) >= 11 is 0.923. The smallest absolute Gasteiger partial charge is 0.332 e. The predicted octanol–water partition coefficient (Wildman–Crippen LogP) is 1.51. The minimum Gasteiger partial charge on any atom is -0.437 e. The van der Waals surface area contributed by atoms with E-state index in [0.717, 1.165) is 16.7 Å². The molecule has 1 heterocycles. The Bertz CT molecular complexity index is 519. The highest BCUT2D eigenvalue weighted by atomic mass is 32.2. The number of amides is 2. The van der Waals surface area contributed by atoms with E-state index >= 15 is 0 Å². The highest BCUT2D eigenvalue weighted by molar-refractivity contribution is 8.14. The third-order valence-corrected chi connectivity index (χ3v) is 3.63. The monoisotopic (exact) mass is 295 g/mol. The topological polar surface area (TPSA) is 72.9 Å². The van der Waals surface area contributed by atoms with E-state index in [0.29, 0.717) is 5.56 Å². The maximum atomic E-state index is 12.3. The van der Waals surface area contributed by atoms with Gasteiger partial charge in [-0.05, 0) is 12.1 Å². The number of imide groups is 1. The summed E-state index contributed by atoms with van der Waals surface area (Å²) in [6.45, 7) is -0.207. The van der Waals surface area contributed by atoms with E-state index in [9.17, 15) is 14.4 Å². The molecule has 1 unspecified atom stereocenters. The van der Waals surface area contributed by atoms with Crippen molar-refractivity contribution in [1.82, 2.24) is 4.90 Å². The first-order chi connectivity index (χ1) is 9.65. The SMILES string of the molecule is COCOC(=O)C1CSC(=O)N1C(=O)c1ccccc1. The van der Waals surface area contributed by atoms with Gasteiger partial charge >= 0.3 is 5.97 Å². The van der Waals surface area contributed by atoms with E-state index in [2.05, 4.69) is 4.74 Å². The Morgan fingerprint density at radius 3 is 2.70 bits per heavy atom. The molecule has 1 atom stereocenters. The Morgan fingerprint density at radius 1 is 1.35 bits per heavy atom. The van der Waals surface area contributed by atoms with Crippen molar-refractivity contribution in [1.29, 1.82) is 0 Å². The van der Waals surface area contributed by atoms with Crippen LogP contribution in [0.1, 0.15) is 10.4 Å². The van der Waals surface area contributed by atoms with Crippen molar-refractivity contribution in [3.05, 3.63) is 35.9 Å². The van der Waals surface area contributed by atoms with Crippen molar-refractivity contribution in [2.75, 3.05) is 19.7 Å². The van der Waals surface area contributed by atoms with Crippen LogP contribution in [0.3, 0.4) is 0 Å². The molecule has 1 fully saturated rings. The van der Waals surface area contributed by atoms with Crippen LogP contribution < -0.4 is 0 Å². The summed E-state index contributed by atoms with van der Waals surface area (Å²) in [4.78, 5) is 36.9. The summed E-state index contributed by atoms with van der Waals surface area (Å²) in [5.74, 6) is -0.950. The zero-order valence-electron chi connectivity index (χ0n) is 10.8. The van der Waals surface area contributed by atoms with E-state index in [1.54, 1.807) is 30.3 Å². The van der Waals surface area contributed by atoms with Crippen LogP contribution in [0.4, 0.5) is 4.79 Å². The summed E-state index contributed by atoms with van der Waals surface area (Å²) in [7, 11) is 1.38. The van der Waals surface area contributed by atoms with Gasteiger partial charge in [0.05, 0.1) is 0 Å². The van der Waals surface area contributed by atoms with Gasteiger partial charge in [-0.15, -0.1) is 0 Å². The summed E-state index contributed by atoms with van der Waals surface area (Å²) in [5.41, 5.74) is 0.355. The van der Waals surface area contributed by atoms with E-state index in [4.69, 9.17) is 4.74 Å². The Kier molecular flexibility index (Phi) is 4.75. The second-order valence-electron chi connectivity index (χ2n) is 4.00. The number of carbonyl (C=O) groups is 3. The van der Waals surface area contributed by atoms with Crippen molar-refractivity contribution in [3.63, 3.8) is 0 Å². The molecule has 0 saturated carbocycles. The van der Waals surface area contributed by atoms with E-state index in [-0.39, 0.29) is 12.5 Å². The number of hydrogen-bond acceptors (Lipinski definition) is 6. The molecule has 106 valence electrons. The molecule has 0 aromatic heterocycles. The quantitative estimate of drug-likeness (QED) is 0.619. The molecule has 0 aliphatic carbocycles. The number of esters is 1. The first-order valence-corrected chi connectivity index (χ1v) is 6.84. The molecule has 2 rings (SSSR count). The normalized spacial score (nSPS) is 18.1. The molecule has 0 radical (unpaired) electrons. The number of ether oxygens (including phenoxy) is 2. The highest BCUT2D eigenvalue weighted by Gasteiger charge is 2.42. The van der Waals surface area contributed by atoms with Crippen molar-refractivity contribution in [2.24, 2.45) is 0 Å². The zero-order chi connectivity index (χ0) is 14.5. The van der Waals surface area contributed by atoms with Gasteiger partial charge in [-0.25, -0.2) is 4.79 Å². The molecule has 0 spiro atoms. The molecule has 2 amide bonds. The average molecular weight is 295 g/mol. The molecule has 1 aromatic carbocycles. The lowest BCUT2D eigenvalue weighted by atomic mass is 10.2. The van der Waals surface area contributed by atoms with E-state index < -0.39 is 23.2 Å². The van der Waals surface area contributed by atoms with Gasteiger partial charge in [-0.3, -0.25) is 14.5 Å². The van der Waals surface area contributed by atoms with Gasteiger partial charge in [0.2, 0.25) is 0 Å². The van der Waals surface area contributed by atoms with Gasteiger partial charge in [0.1, 0.15) is 6.04 Å². The lowest BCUT2D eigenvalue weighted by molar-refractivity contribution is -0.157. The Morgan fingerprint density at radius 2 is 2.05 bits per heavy atom. The van der Waals surface area contributed by atoms with Crippen LogP contribution in [0.2, 0.25) is 0 Å². The standard InChI is InChI=1S/C13H13NO5S/c1-18-8-19-12(16)10-7-20-13(17)14(10)11(15)9-5-3-2-4-6-9/h2-6,10H,7-8H2,1H3. The van der Waals surface area contributed by atoms with Crippen molar-refractivity contribution >= 4 is 28.9 Å². The Hall–Kier alpha value is -1.86. The number of thioether (sulfide) groups is 1. The lowest BCUT2D eigenvalue weighted by Gasteiger charge is -2.20. The van der Waals surface area contributed by atoms with Crippen LogP contribution in [-0.4, -0.2) is 47.7 Å². The zero-order valence-corrected chi connectivity index (χ0v) is 11.6. The van der Waals surface area contributed by atoms with Crippen molar-refractivity contribution in [2.45, 2.75) is 6.04 Å². The second kappa shape index (κ2) is 6.53. The number of carbonyl (C=O) groups excluding carboxylic acids is 3. The van der Waals surface area contributed by atoms with Crippen molar-refractivity contribution in [3.8, 4) is 0 Å². The van der Waals surface area contributed by atoms with Gasteiger partial charge in [0.25, 0.3) is 11.1 Å². The number of hydrogen-bond donors (Lipinski definition) is 0. The molecule has 1 aliphatic rings. The maximum Gasteiger partial charge on any atom is 0.332 e. The van der Waals surface area contributed by atoms with E-state index in [1.807, 2.05) is 0 Å². The van der Waals surface area contributed by atoms with Crippen LogP contribution in [0.5, 0.6) is 0 Å². The molecular weight excluding hydrogens is 282 g/mol. The molecule has 1 aromatic rings. The number of benzene rings is 1. The van der Waals surface area contributed by atoms with Crippen LogP contribution in [0, 0.1) is 0 Å². The lowest BCUT2D eigenvalue weighted by Crippen LogP contribution is -2.44. The van der Waals surface area contributed by atoms with Crippen LogP contribution in [0.15, 0.2) is 30.3 Å². The minimum atomic E-state index is -0.907. The third kappa shape index (κ3) is 3.00. The van der Waals surface area contributed by atoms with Gasteiger partial charge in [0, 0.05) is 18.4 Å². The molecule has 1 aliphatic heterocycles. The molecule has 7 heteroatoms. The molecule has 6 nitrogen and oxygen atoms in total. The Balaban J connectivity index is 2.16. The highest BCUT2D eigenvalue weighted by Crippen LogP contribution is 2.26. The minimum absolute atomic E-state index is 0.194.